The predicted octanol–water partition coefficient (Wildman–Crippen LogP) is 1.54. The summed E-state index contributed by atoms with van der Waals surface area (Å²) in [5.74, 6) is 0.546. The van der Waals surface area contributed by atoms with Crippen LogP contribution in [0.15, 0.2) is 0 Å². The van der Waals surface area contributed by atoms with Crippen LogP contribution in [0.5, 0.6) is 0 Å². The van der Waals surface area contributed by atoms with Crippen LogP contribution < -0.4 is 5.73 Å². The molecule has 0 aliphatic carbocycles. The van der Waals surface area contributed by atoms with Gasteiger partial charge in [-0.3, -0.25) is 0 Å². The van der Waals surface area contributed by atoms with Crippen molar-refractivity contribution in [3.63, 3.8) is 0 Å². The minimum Gasteiger partial charge on any atom is -0.391 e. The molecular weight excluding hydrogens is 178 g/mol. The molecule has 0 aromatic rings. The van der Waals surface area contributed by atoms with E-state index in [4.69, 9.17) is 10.5 Å². The Bertz CT molecular complexity index is 159. The number of aliphatic hydroxyl groups excluding tert-OH is 1. The summed E-state index contributed by atoms with van der Waals surface area (Å²) in [6.45, 7) is 10.4. The second-order valence-electron chi connectivity index (χ2n) is 4.82. The van der Waals surface area contributed by atoms with E-state index in [1.165, 1.54) is 0 Å². The van der Waals surface area contributed by atoms with E-state index in [0.717, 1.165) is 6.42 Å². The van der Waals surface area contributed by atoms with Gasteiger partial charge in [0.2, 0.25) is 0 Å². The van der Waals surface area contributed by atoms with Crippen molar-refractivity contribution in [2.75, 3.05) is 6.54 Å². The molecule has 3 nitrogen and oxygen atoms in total. The number of aliphatic hydroxyl groups is 1. The van der Waals surface area contributed by atoms with Crippen LogP contribution in [0.4, 0.5) is 0 Å². The summed E-state index contributed by atoms with van der Waals surface area (Å²) in [6.07, 6.45) is 0.302. The highest BCUT2D eigenvalue weighted by Gasteiger charge is 2.28. The van der Waals surface area contributed by atoms with Crippen LogP contribution in [0, 0.1) is 5.92 Å². The SMILES string of the molecule is CC(C)CC(C)(CN)OC(C)C(C)O. The fourth-order valence-electron chi connectivity index (χ4n) is 1.59. The van der Waals surface area contributed by atoms with E-state index in [0.29, 0.717) is 12.5 Å². The van der Waals surface area contributed by atoms with Crippen LogP contribution in [-0.4, -0.2) is 29.5 Å². The fourth-order valence-corrected chi connectivity index (χ4v) is 1.59. The Balaban J connectivity index is 4.24. The molecule has 0 rings (SSSR count). The molecule has 0 fully saturated rings. The van der Waals surface area contributed by atoms with Crippen molar-refractivity contribution in [2.45, 2.75) is 58.8 Å². The molecule has 86 valence electrons. The summed E-state index contributed by atoms with van der Waals surface area (Å²) in [5.41, 5.74) is 5.38. The Morgan fingerprint density at radius 3 is 2.07 bits per heavy atom. The molecule has 3 unspecified atom stereocenters. The minimum atomic E-state index is -0.451. The zero-order chi connectivity index (χ0) is 11.4. The summed E-state index contributed by atoms with van der Waals surface area (Å²) >= 11 is 0. The van der Waals surface area contributed by atoms with E-state index in [9.17, 15) is 5.11 Å². The van der Waals surface area contributed by atoms with E-state index in [-0.39, 0.29) is 11.7 Å². The monoisotopic (exact) mass is 203 g/mol. The summed E-state index contributed by atoms with van der Waals surface area (Å²) in [4.78, 5) is 0. The number of rotatable bonds is 6. The molecule has 3 N–H and O–H groups in total. The molecule has 14 heavy (non-hydrogen) atoms. The average molecular weight is 203 g/mol. The largest absolute Gasteiger partial charge is 0.391 e. The van der Waals surface area contributed by atoms with Crippen LogP contribution in [0.25, 0.3) is 0 Å². The lowest BCUT2D eigenvalue weighted by atomic mass is 9.94. The van der Waals surface area contributed by atoms with E-state index in [2.05, 4.69) is 13.8 Å². The lowest BCUT2D eigenvalue weighted by molar-refractivity contribution is -0.118. The Labute approximate surface area is 87.6 Å². The van der Waals surface area contributed by atoms with Crippen molar-refractivity contribution < 1.29 is 9.84 Å². The van der Waals surface area contributed by atoms with Gasteiger partial charge < -0.3 is 15.6 Å². The first-order valence-electron chi connectivity index (χ1n) is 5.36. The van der Waals surface area contributed by atoms with Gasteiger partial charge in [0.05, 0.1) is 17.8 Å². The molecule has 0 aromatic carbocycles. The first kappa shape index (κ1) is 13.9. The maximum absolute atomic E-state index is 9.35. The predicted molar refractivity (Wildman–Crippen MR) is 59.1 cm³/mol. The highest BCUT2D eigenvalue weighted by atomic mass is 16.5. The standard InChI is InChI=1S/C11H25NO2/c1-8(2)6-11(5,7-12)14-10(4)9(3)13/h8-10,13H,6-7,12H2,1-5H3. The second-order valence-corrected chi connectivity index (χ2v) is 4.82. The number of nitrogens with two attached hydrogens (primary N) is 1. The third kappa shape index (κ3) is 4.94. The summed E-state index contributed by atoms with van der Waals surface area (Å²) < 4.78 is 5.78. The third-order valence-corrected chi connectivity index (χ3v) is 2.42. The van der Waals surface area contributed by atoms with Crippen LogP contribution in [0.2, 0.25) is 0 Å². The molecule has 0 bridgehead atoms. The van der Waals surface area contributed by atoms with Gasteiger partial charge in [0, 0.05) is 6.54 Å². The maximum atomic E-state index is 9.35. The lowest BCUT2D eigenvalue weighted by Crippen LogP contribution is -2.43. The molecule has 0 aromatic heterocycles. The Hall–Kier alpha value is -0.120. The minimum absolute atomic E-state index is 0.165. The second kappa shape index (κ2) is 5.69. The van der Waals surface area contributed by atoms with E-state index in [1.54, 1.807) is 6.92 Å². The molecule has 0 heterocycles. The quantitative estimate of drug-likeness (QED) is 0.688. The van der Waals surface area contributed by atoms with Crippen molar-refractivity contribution in [2.24, 2.45) is 11.7 Å². The zero-order valence-electron chi connectivity index (χ0n) is 10.1. The van der Waals surface area contributed by atoms with Gasteiger partial charge in [-0.2, -0.15) is 0 Å². The topological polar surface area (TPSA) is 55.5 Å². The van der Waals surface area contributed by atoms with E-state index >= 15 is 0 Å². The smallest absolute Gasteiger partial charge is 0.0811 e. The fraction of sp³-hybridized carbons (Fsp3) is 1.00. The molecule has 0 amide bonds. The molecule has 3 atom stereocenters. The van der Waals surface area contributed by atoms with Crippen molar-refractivity contribution in [3.05, 3.63) is 0 Å². The summed E-state index contributed by atoms with van der Waals surface area (Å²) in [6, 6.07) is 0. The Kier molecular flexibility index (Phi) is 5.64. The van der Waals surface area contributed by atoms with Gasteiger partial charge in [-0.15, -0.1) is 0 Å². The van der Waals surface area contributed by atoms with Gasteiger partial charge in [-0.05, 0) is 33.1 Å². The molecule has 0 spiro atoms. The highest BCUT2D eigenvalue weighted by molar-refractivity contribution is 4.79. The van der Waals surface area contributed by atoms with Crippen molar-refractivity contribution in [1.29, 1.82) is 0 Å². The number of hydrogen-bond acceptors (Lipinski definition) is 3. The summed E-state index contributed by atoms with van der Waals surface area (Å²) in [5, 5.41) is 9.35. The van der Waals surface area contributed by atoms with Crippen molar-refractivity contribution in [3.8, 4) is 0 Å². The molecule has 0 radical (unpaired) electrons. The Morgan fingerprint density at radius 2 is 1.79 bits per heavy atom. The highest BCUT2D eigenvalue weighted by Crippen LogP contribution is 2.22. The van der Waals surface area contributed by atoms with Gasteiger partial charge in [0.25, 0.3) is 0 Å². The zero-order valence-corrected chi connectivity index (χ0v) is 10.1. The number of ether oxygens (including phenoxy) is 1. The lowest BCUT2D eigenvalue weighted by Gasteiger charge is -2.34. The first-order chi connectivity index (χ1) is 6.30. The van der Waals surface area contributed by atoms with E-state index < -0.39 is 6.10 Å². The van der Waals surface area contributed by atoms with Crippen LogP contribution in [-0.2, 0) is 4.74 Å². The molecular formula is C11H25NO2. The number of hydrogen-bond donors (Lipinski definition) is 2. The van der Waals surface area contributed by atoms with Gasteiger partial charge in [0.1, 0.15) is 0 Å². The average Bonchev–Trinajstić information content (AvgIpc) is 2.02. The third-order valence-electron chi connectivity index (χ3n) is 2.42. The van der Waals surface area contributed by atoms with Gasteiger partial charge >= 0.3 is 0 Å². The normalized spacial score (nSPS) is 20.6. The van der Waals surface area contributed by atoms with Gasteiger partial charge in [-0.1, -0.05) is 13.8 Å². The van der Waals surface area contributed by atoms with Gasteiger partial charge in [-0.25, -0.2) is 0 Å². The van der Waals surface area contributed by atoms with Crippen molar-refractivity contribution in [1.82, 2.24) is 0 Å². The van der Waals surface area contributed by atoms with Crippen LogP contribution in [0.3, 0.4) is 0 Å². The first-order valence-corrected chi connectivity index (χ1v) is 5.36. The van der Waals surface area contributed by atoms with Crippen LogP contribution >= 0.6 is 0 Å². The summed E-state index contributed by atoms with van der Waals surface area (Å²) in [7, 11) is 0. The van der Waals surface area contributed by atoms with Crippen LogP contribution in [0.1, 0.15) is 41.0 Å². The molecule has 0 saturated heterocycles. The maximum Gasteiger partial charge on any atom is 0.0811 e. The molecule has 3 heteroatoms. The Morgan fingerprint density at radius 1 is 1.29 bits per heavy atom. The molecule has 0 aliphatic rings. The molecule has 0 aliphatic heterocycles. The van der Waals surface area contributed by atoms with Crippen molar-refractivity contribution >= 4 is 0 Å². The van der Waals surface area contributed by atoms with E-state index in [1.807, 2.05) is 13.8 Å². The van der Waals surface area contributed by atoms with Gasteiger partial charge in [0.15, 0.2) is 0 Å². The molecule has 0 saturated carbocycles.